The zero-order valence-electron chi connectivity index (χ0n) is 19.7. The Labute approximate surface area is 218 Å². The first-order valence-corrected chi connectivity index (χ1v) is 13.2. The molecule has 0 bridgehead atoms. The first-order chi connectivity index (χ1) is 17.9. The van der Waals surface area contributed by atoms with Gasteiger partial charge in [-0.05, 0) is 54.8 Å². The lowest BCUT2D eigenvalue weighted by Crippen LogP contribution is -2.17. The van der Waals surface area contributed by atoms with E-state index < -0.39 is 16.1 Å². The third-order valence-electron chi connectivity index (χ3n) is 5.64. The second kappa shape index (κ2) is 10.1. The zero-order chi connectivity index (χ0) is 26.0. The molecule has 37 heavy (non-hydrogen) atoms. The molecule has 0 atom stereocenters. The highest BCUT2D eigenvalue weighted by atomic mass is 35.5. The number of esters is 1. The van der Waals surface area contributed by atoms with Crippen molar-refractivity contribution in [2.45, 2.75) is 11.8 Å². The van der Waals surface area contributed by atoms with Gasteiger partial charge < -0.3 is 14.2 Å². The van der Waals surface area contributed by atoms with Gasteiger partial charge in [0.25, 0.3) is 0 Å². The molecule has 10 heteroatoms. The van der Waals surface area contributed by atoms with E-state index in [0.717, 1.165) is 5.39 Å². The van der Waals surface area contributed by atoms with Gasteiger partial charge in [-0.1, -0.05) is 48.0 Å². The maximum atomic E-state index is 13.1. The van der Waals surface area contributed by atoms with Crippen LogP contribution in [-0.4, -0.2) is 36.9 Å². The van der Waals surface area contributed by atoms with Crippen molar-refractivity contribution >= 4 is 49.9 Å². The van der Waals surface area contributed by atoms with Gasteiger partial charge in [-0.2, -0.15) is 8.42 Å². The van der Waals surface area contributed by atoms with Crippen molar-refractivity contribution in [3.8, 4) is 17.0 Å². The lowest BCUT2D eigenvalue weighted by molar-refractivity contribution is -0.140. The molecule has 0 unspecified atom stereocenters. The molecular formula is C27H22ClN3O5S. The number of imidazole rings is 1. The fourth-order valence-electron chi connectivity index (χ4n) is 4.01. The Hall–Kier alpha value is -4.08. The molecule has 0 aliphatic heterocycles. The molecule has 0 aliphatic carbocycles. The topological polar surface area (TPSA) is 99.0 Å². The number of carbonyl (C=O) groups excluding carboxylic acids is 1. The van der Waals surface area contributed by atoms with Crippen LogP contribution in [0.2, 0.25) is 5.02 Å². The van der Waals surface area contributed by atoms with E-state index in [0.29, 0.717) is 33.1 Å². The molecule has 1 N–H and O–H groups in total. The summed E-state index contributed by atoms with van der Waals surface area (Å²) in [5.74, 6) is 0.292. The fraction of sp³-hybridized carbons (Fsp3) is 0.111. The monoisotopic (exact) mass is 535 g/mol. The molecule has 5 aromatic rings. The Balaban J connectivity index is 1.46. The van der Waals surface area contributed by atoms with Crippen LogP contribution in [0.25, 0.3) is 27.7 Å². The number of carbonyl (C=O) groups is 1. The molecule has 0 saturated carbocycles. The van der Waals surface area contributed by atoms with Crippen LogP contribution in [0, 0.1) is 0 Å². The normalized spacial score (nSPS) is 11.5. The van der Waals surface area contributed by atoms with Gasteiger partial charge in [0.15, 0.2) is 0 Å². The summed E-state index contributed by atoms with van der Waals surface area (Å²) in [6.45, 7) is 1.95. The van der Waals surface area contributed by atoms with Gasteiger partial charge >= 0.3 is 16.1 Å². The number of fused-ring (bicyclic) bond motifs is 2. The van der Waals surface area contributed by atoms with E-state index in [4.69, 9.17) is 20.5 Å². The van der Waals surface area contributed by atoms with Crippen LogP contribution in [0.4, 0.5) is 5.82 Å². The molecule has 0 amide bonds. The van der Waals surface area contributed by atoms with E-state index in [2.05, 4.69) is 10.3 Å². The lowest BCUT2D eigenvalue weighted by atomic mass is 10.1. The van der Waals surface area contributed by atoms with Gasteiger partial charge in [-0.3, -0.25) is 9.20 Å². The molecule has 5 rings (SSSR count). The maximum Gasteiger partial charge on any atom is 0.339 e. The summed E-state index contributed by atoms with van der Waals surface area (Å²) in [6.07, 6.45) is 1.69. The van der Waals surface area contributed by atoms with Gasteiger partial charge in [0.1, 0.15) is 34.3 Å². The zero-order valence-corrected chi connectivity index (χ0v) is 21.3. The molecule has 0 fully saturated rings. The second-order valence-corrected chi connectivity index (χ2v) is 10.0. The number of rotatable bonds is 8. The Morgan fingerprint density at radius 3 is 2.54 bits per heavy atom. The number of pyridine rings is 1. The Morgan fingerprint density at radius 1 is 1.00 bits per heavy atom. The van der Waals surface area contributed by atoms with Gasteiger partial charge in [0.05, 0.1) is 11.6 Å². The molecular weight excluding hydrogens is 514 g/mol. The van der Waals surface area contributed by atoms with Crippen molar-refractivity contribution in [2.75, 3.05) is 18.5 Å². The summed E-state index contributed by atoms with van der Waals surface area (Å²) in [5, 5.41) is 4.96. The maximum absolute atomic E-state index is 13.1. The van der Waals surface area contributed by atoms with E-state index in [-0.39, 0.29) is 23.8 Å². The minimum atomic E-state index is -4.07. The van der Waals surface area contributed by atoms with Crippen LogP contribution in [0.3, 0.4) is 0 Å². The van der Waals surface area contributed by atoms with Crippen molar-refractivity contribution in [3.63, 3.8) is 0 Å². The Morgan fingerprint density at radius 2 is 1.76 bits per heavy atom. The Kier molecular flexibility index (Phi) is 6.73. The smallest absolute Gasteiger partial charge is 0.339 e. The molecule has 0 spiro atoms. The van der Waals surface area contributed by atoms with Crippen molar-refractivity contribution in [1.29, 1.82) is 0 Å². The van der Waals surface area contributed by atoms with Crippen molar-refractivity contribution in [1.82, 2.24) is 9.38 Å². The van der Waals surface area contributed by atoms with Crippen LogP contribution in [-0.2, 0) is 19.6 Å². The number of hydrogen-bond acceptors (Lipinski definition) is 7. The number of hydrogen-bond donors (Lipinski definition) is 1. The average molecular weight is 536 g/mol. The molecule has 2 heterocycles. The minimum Gasteiger partial charge on any atom is -0.465 e. The van der Waals surface area contributed by atoms with E-state index in [9.17, 15) is 13.2 Å². The second-order valence-electron chi connectivity index (χ2n) is 8.08. The number of benzene rings is 3. The summed E-state index contributed by atoms with van der Waals surface area (Å²) < 4.78 is 38.4. The predicted molar refractivity (Wildman–Crippen MR) is 143 cm³/mol. The van der Waals surface area contributed by atoms with Crippen LogP contribution in [0.15, 0.2) is 90.0 Å². The van der Waals surface area contributed by atoms with Crippen molar-refractivity contribution < 1.29 is 22.1 Å². The summed E-state index contributed by atoms with van der Waals surface area (Å²) in [7, 11) is -4.07. The third kappa shape index (κ3) is 5.09. The molecule has 188 valence electrons. The highest BCUT2D eigenvalue weighted by Gasteiger charge is 2.21. The van der Waals surface area contributed by atoms with Crippen molar-refractivity contribution in [2.24, 2.45) is 0 Å². The molecule has 2 aromatic heterocycles. The molecule has 0 radical (unpaired) electrons. The van der Waals surface area contributed by atoms with Gasteiger partial charge in [0, 0.05) is 17.1 Å². The SMILES string of the molecule is CCOC(=O)CNc1c(-c2ccc(OS(=O)(=O)c3cccc4ccccc34)cc2)nc2ccc(Cl)cn12. The summed E-state index contributed by atoms with van der Waals surface area (Å²) in [4.78, 5) is 16.7. The van der Waals surface area contributed by atoms with Crippen molar-refractivity contribution in [3.05, 3.63) is 90.1 Å². The quantitative estimate of drug-likeness (QED) is 0.205. The summed E-state index contributed by atoms with van der Waals surface area (Å²) in [5.41, 5.74) is 1.85. The van der Waals surface area contributed by atoms with E-state index in [1.54, 1.807) is 72.1 Å². The lowest BCUT2D eigenvalue weighted by Gasteiger charge is -2.11. The Bertz CT molecular complexity index is 1710. The molecule has 3 aromatic carbocycles. The van der Waals surface area contributed by atoms with Crippen LogP contribution in [0.5, 0.6) is 5.75 Å². The number of nitrogens with zero attached hydrogens (tertiary/aromatic N) is 2. The minimum absolute atomic E-state index is 0.0639. The van der Waals surface area contributed by atoms with Crippen LogP contribution < -0.4 is 9.50 Å². The van der Waals surface area contributed by atoms with E-state index in [1.807, 2.05) is 18.2 Å². The molecule has 0 saturated heterocycles. The summed E-state index contributed by atoms with van der Waals surface area (Å²) in [6, 6.07) is 22.3. The summed E-state index contributed by atoms with van der Waals surface area (Å²) >= 11 is 6.19. The average Bonchev–Trinajstić information content (AvgIpc) is 3.25. The highest BCUT2D eigenvalue weighted by molar-refractivity contribution is 7.87. The molecule has 0 aliphatic rings. The van der Waals surface area contributed by atoms with Crippen LogP contribution >= 0.6 is 11.6 Å². The number of nitrogens with one attached hydrogen (secondary N) is 1. The number of halogens is 1. The fourth-order valence-corrected chi connectivity index (χ4v) is 5.33. The third-order valence-corrected chi connectivity index (χ3v) is 7.17. The van der Waals surface area contributed by atoms with Gasteiger partial charge in [-0.25, -0.2) is 4.98 Å². The predicted octanol–water partition coefficient (Wildman–Crippen LogP) is 5.55. The first kappa shape index (κ1) is 24.6. The number of ether oxygens (including phenoxy) is 1. The van der Waals surface area contributed by atoms with Crippen LogP contribution in [0.1, 0.15) is 6.92 Å². The van der Waals surface area contributed by atoms with Gasteiger partial charge in [0.2, 0.25) is 0 Å². The number of anilines is 1. The largest absolute Gasteiger partial charge is 0.465 e. The van der Waals surface area contributed by atoms with Gasteiger partial charge in [-0.15, -0.1) is 0 Å². The standard InChI is InChI=1S/C27H22ClN3O5S/c1-2-35-25(32)16-29-27-26(30-24-15-12-20(28)17-31(24)27)19-10-13-21(14-11-19)36-37(33,34)23-9-5-7-18-6-3-4-8-22(18)23/h3-15,17,29H,2,16H2,1H3. The molecule has 8 nitrogen and oxygen atoms in total. The van der Waals surface area contributed by atoms with E-state index in [1.165, 1.54) is 6.07 Å². The highest BCUT2D eigenvalue weighted by Crippen LogP contribution is 2.32. The van der Waals surface area contributed by atoms with E-state index >= 15 is 0 Å². The first-order valence-electron chi connectivity index (χ1n) is 11.5. The number of aromatic nitrogens is 2.